The van der Waals surface area contributed by atoms with Gasteiger partial charge in [0.2, 0.25) is 0 Å². The SMILES string of the molecule is Cc1nn(C2CCCCO2)c2nc(-c3ccc(O)cc3)cc(C=O)c12. The third-order valence-corrected chi connectivity index (χ3v) is 4.59. The van der Waals surface area contributed by atoms with Crippen LogP contribution in [-0.4, -0.2) is 32.8 Å². The molecule has 3 heterocycles. The van der Waals surface area contributed by atoms with Crippen molar-refractivity contribution in [1.82, 2.24) is 14.8 Å². The Morgan fingerprint density at radius 2 is 2.08 bits per heavy atom. The highest BCUT2D eigenvalue weighted by molar-refractivity contribution is 5.98. The highest BCUT2D eigenvalue weighted by atomic mass is 16.5. The molecule has 0 aliphatic carbocycles. The van der Waals surface area contributed by atoms with Gasteiger partial charge < -0.3 is 9.84 Å². The van der Waals surface area contributed by atoms with Crippen LogP contribution >= 0.6 is 0 Å². The molecule has 0 radical (unpaired) electrons. The maximum absolute atomic E-state index is 11.7. The molecule has 4 rings (SSSR count). The lowest BCUT2D eigenvalue weighted by Crippen LogP contribution is -2.19. The van der Waals surface area contributed by atoms with E-state index in [-0.39, 0.29) is 12.0 Å². The summed E-state index contributed by atoms with van der Waals surface area (Å²) in [6.07, 6.45) is 3.72. The molecule has 25 heavy (non-hydrogen) atoms. The Balaban J connectivity index is 1.91. The lowest BCUT2D eigenvalue weighted by Gasteiger charge is -2.23. The minimum absolute atomic E-state index is 0.146. The van der Waals surface area contributed by atoms with Gasteiger partial charge in [0.1, 0.15) is 5.75 Å². The number of aldehydes is 1. The highest BCUT2D eigenvalue weighted by Crippen LogP contribution is 2.31. The Hall–Kier alpha value is -2.73. The third-order valence-electron chi connectivity index (χ3n) is 4.59. The maximum atomic E-state index is 11.7. The number of carbonyl (C=O) groups excluding carboxylic acids is 1. The number of aromatic hydroxyl groups is 1. The molecule has 0 saturated carbocycles. The predicted molar refractivity (Wildman–Crippen MR) is 93.6 cm³/mol. The van der Waals surface area contributed by atoms with Gasteiger partial charge in [-0.15, -0.1) is 0 Å². The van der Waals surface area contributed by atoms with E-state index in [0.29, 0.717) is 23.5 Å². The maximum Gasteiger partial charge on any atom is 0.162 e. The van der Waals surface area contributed by atoms with E-state index in [9.17, 15) is 9.90 Å². The quantitative estimate of drug-likeness (QED) is 0.739. The first-order chi connectivity index (χ1) is 12.2. The van der Waals surface area contributed by atoms with E-state index in [1.54, 1.807) is 35.0 Å². The molecule has 1 unspecified atom stereocenters. The van der Waals surface area contributed by atoms with Gasteiger partial charge in [-0.2, -0.15) is 5.10 Å². The number of ether oxygens (including phenoxy) is 1. The first-order valence-electron chi connectivity index (χ1n) is 8.43. The zero-order valence-electron chi connectivity index (χ0n) is 14.0. The number of pyridine rings is 1. The molecular formula is C19H19N3O3. The molecule has 1 aromatic carbocycles. The van der Waals surface area contributed by atoms with Crippen molar-refractivity contribution >= 4 is 17.3 Å². The zero-order valence-corrected chi connectivity index (χ0v) is 14.0. The van der Waals surface area contributed by atoms with Gasteiger partial charge in [-0.3, -0.25) is 4.79 Å². The summed E-state index contributed by atoms with van der Waals surface area (Å²) < 4.78 is 7.67. The fourth-order valence-electron chi connectivity index (χ4n) is 3.34. The first kappa shape index (κ1) is 15.8. The number of carbonyl (C=O) groups is 1. The Morgan fingerprint density at radius 3 is 2.76 bits per heavy atom. The van der Waals surface area contributed by atoms with Crippen molar-refractivity contribution in [2.45, 2.75) is 32.4 Å². The van der Waals surface area contributed by atoms with Crippen molar-refractivity contribution in [1.29, 1.82) is 0 Å². The number of aryl methyl sites for hydroxylation is 1. The van der Waals surface area contributed by atoms with Crippen molar-refractivity contribution in [2.24, 2.45) is 0 Å². The molecule has 1 aliphatic rings. The van der Waals surface area contributed by atoms with Crippen molar-refractivity contribution in [2.75, 3.05) is 6.61 Å². The van der Waals surface area contributed by atoms with Crippen LogP contribution in [0.25, 0.3) is 22.3 Å². The lowest BCUT2D eigenvalue weighted by molar-refractivity contribution is -0.0371. The smallest absolute Gasteiger partial charge is 0.162 e. The molecule has 1 saturated heterocycles. The number of phenols is 1. The molecule has 1 atom stereocenters. The van der Waals surface area contributed by atoms with E-state index < -0.39 is 0 Å². The highest BCUT2D eigenvalue weighted by Gasteiger charge is 2.23. The van der Waals surface area contributed by atoms with Crippen LogP contribution in [0.1, 0.15) is 41.5 Å². The largest absolute Gasteiger partial charge is 0.508 e. The standard InChI is InChI=1S/C19H19N3O3/c1-12-18-14(11-23)10-16(13-5-7-15(24)8-6-13)20-19(18)22(21-12)17-4-2-3-9-25-17/h5-8,10-11,17,24H,2-4,9H2,1H3. The summed E-state index contributed by atoms with van der Waals surface area (Å²) in [5, 5.41) is 14.9. The van der Waals surface area contributed by atoms with Crippen LogP contribution in [0.2, 0.25) is 0 Å². The van der Waals surface area contributed by atoms with Crippen molar-refractivity contribution in [3.05, 3.63) is 41.6 Å². The van der Waals surface area contributed by atoms with E-state index >= 15 is 0 Å². The van der Waals surface area contributed by atoms with Gasteiger partial charge in [0.25, 0.3) is 0 Å². The second-order valence-electron chi connectivity index (χ2n) is 6.31. The van der Waals surface area contributed by atoms with Gasteiger partial charge in [-0.05, 0) is 56.5 Å². The van der Waals surface area contributed by atoms with Crippen LogP contribution in [0, 0.1) is 6.92 Å². The minimum Gasteiger partial charge on any atom is -0.508 e. The van der Waals surface area contributed by atoms with Crippen LogP contribution in [0.5, 0.6) is 5.75 Å². The van der Waals surface area contributed by atoms with Gasteiger partial charge in [-0.1, -0.05) is 0 Å². The first-order valence-corrected chi connectivity index (χ1v) is 8.43. The van der Waals surface area contributed by atoms with Crippen LogP contribution in [-0.2, 0) is 4.74 Å². The molecule has 6 heteroatoms. The Morgan fingerprint density at radius 1 is 1.28 bits per heavy atom. The number of fused-ring (bicyclic) bond motifs is 1. The fraction of sp³-hybridized carbons (Fsp3) is 0.316. The number of hydrogen-bond acceptors (Lipinski definition) is 5. The average molecular weight is 337 g/mol. The van der Waals surface area contributed by atoms with Crippen LogP contribution in [0.4, 0.5) is 0 Å². The average Bonchev–Trinajstić information content (AvgIpc) is 2.99. The third kappa shape index (κ3) is 2.78. The zero-order chi connectivity index (χ0) is 17.4. The molecule has 3 aromatic rings. The normalized spacial score (nSPS) is 17.7. The van der Waals surface area contributed by atoms with E-state index in [0.717, 1.165) is 42.2 Å². The van der Waals surface area contributed by atoms with Gasteiger partial charge in [0.15, 0.2) is 18.2 Å². The molecule has 0 bridgehead atoms. The minimum atomic E-state index is -0.146. The lowest BCUT2D eigenvalue weighted by atomic mass is 10.1. The Kier molecular flexibility index (Phi) is 3.97. The van der Waals surface area contributed by atoms with E-state index in [1.165, 1.54) is 0 Å². The summed E-state index contributed by atoms with van der Waals surface area (Å²) in [7, 11) is 0. The van der Waals surface area contributed by atoms with Crippen molar-refractivity contribution in [3.8, 4) is 17.0 Å². The Bertz CT molecular complexity index is 925. The summed E-state index contributed by atoms with van der Waals surface area (Å²) in [5.41, 5.74) is 3.50. The second-order valence-corrected chi connectivity index (χ2v) is 6.31. The van der Waals surface area contributed by atoms with Crippen LogP contribution in [0.15, 0.2) is 30.3 Å². The molecule has 6 nitrogen and oxygen atoms in total. The van der Waals surface area contributed by atoms with Gasteiger partial charge in [0, 0.05) is 17.7 Å². The van der Waals surface area contributed by atoms with Crippen LogP contribution < -0.4 is 0 Å². The van der Waals surface area contributed by atoms with Gasteiger partial charge in [-0.25, -0.2) is 9.67 Å². The summed E-state index contributed by atoms with van der Waals surface area (Å²) in [6.45, 7) is 2.60. The van der Waals surface area contributed by atoms with Crippen molar-refractivity contribution < 1.29 is 14.6 Å². The topological polar surface area (TPSA) is 77.2 Å². The molecule has 1 fully saturated rings. The predicted octanol–water partition coefficient (Wildman–Crippen LogP) is 3.62. The summed E-state index contributed by atoms with van der Waals surface area (Å²) in [5.74, 6) is 0.192. The summed E-state index contributed by atoms with van der Waals surface area (Å²) >= 11 is 0. The molecule has 0 amide bonds. The number of nitrogens with zero attached hydrogens (tertiary/aromatic N) is 3. The number of aromatic nitrogens is 3. The van der Waals surface area contributed by atoms with Crippen LogP contribution in [0.3, 0.4) is 0 Å². The molecule has 1 N–H and O–H groups in total. The number of rotatable bonds is 3. The van der Waals surface area contributed by atoms with E-state index in [4.69, 9.17) is 9.72 Å². The van der Waals surface area contributed by atoms with Crippen molar-refractivity contribution in [3.63, 3.8) is 0 Å². The molecule has 2 aromatic heterocycles. The van der Waals surface area contributed by atoms with Gasteiger partial charge in [0.05, 0.1) is 16.8 Å². The molecular weight excluding hydrogens is 318 g/mol. The number of hydrogen-bond donors (Lipinski definition) is 1. The molecule has 0 spiro atoms. The molecule has 128 valence electrons. The number of benzene rings is 1. The monoisotopic (exact) mass is 337 g/mol. The van der Waals surface area contributed by atoms with Gasteiger partial charge >= 0.3 is 0 Å². The van der Waals surface area contributed by atoms with E-state index in [1.807, 2.05) is 6.92 Å². The molecule has 1 aliphatic heterocycles. The fourth-order valence-corrected chi connectivity index (χ4v) is 3.34. The Labute approximate surface area is 145 Å². The second kappa shape index (κ2) is 6.29. The summed E-state index contributed by atoms with van der Waals surface area (Å²) in [6, 6.07) is 8.54. The van der Waals surface area contributed by atoms with E-state index in [2.05, 4.69) is 5.10 Å². The summed E-state index contributed by atoms with van der Waals surface area (Å²) in [4.78, 5) is 16.4. The number of phenolic OH excluding ortho intramolecular Hbond substituents is 1.